The van der Waals surface area contributed by atoms with Gasteiger partial charge in [0.25, 0.3) is 5.91 Å². The molecular formula is C28H34N4O4S. The number of piperidine rings is 1. The predicted octanol–water partition coefficient (Wildman–Crippen LogP) is 5.61. The third kappa shape index (κ3) is 7.58. The van der Waals surface area contributed by atoms with Gasteiger partial charge >= 0.3 is 6.09 Å². The number of amides is 2. The quantitative estimate of drug-likeness (QED) is 0.431. The number of oxazole rings is 1. The third-order valence-electron chi connectivity index (χ3n) is 6.01. The van der Waals surface area contributed by atoms with E-state index in [-0.39, 0.29) is 12.0 Å². The second kappa shape index (κ2) is 11.8. The van der Waals surface area contributed by atoms with Crippen LogP contribution < -0.4 is 5.32 Å². The molecule has 0 saturated carbocycles. The van der Waals surface area contributed by atoms with E-state index in [1.165, 1.54) is 0 Å². The highest BCUT2D eigenvalue weighted by Crippen LogP contribution is 2.30. The van der Waals surface area contributed by atoms with Gasteiger partial charge in [-0.15, -0.1) is 0 Å². The van der Waals surface area contributed by atoms with Crippen LogP contribution in [0.4, 0.5) is 4.79 Å². The van der Waals surface area contributed by atoms with Crippen molar-refractivity contribution >= 4 is 23.8 Å². The molecule has 0 atom stereocenters. The highest BCUT2D eigenvalue weighted by Gasteiger charge is 2.27. The second-order valence-electron chi connectivity index (χ2n) is 10.1. The molecule has 2 amide bonds. The van der Waals surface area contributed by atoms with Gasteiger partial charge in [-0.2, -0.15) is 11.8 Å². The molecule has 1 saturated heterocycles. The minimum atomic E-state index is -0.474. The summed E-state index contributed by atoms with van der Waals surface area (Å²) in [5, 5.41) is 3.37. The minimum absolute atomic E-state index is 0.145. The van der Waals surface area contributed by atoms with Gasteiger partial charge in [-0.05, 0) is 76.4 Å². The zero-order chi connectivity index (χ0) is 26.4. The van der Waals surface area contributed by atoms with E-state index in [0.29, 0.717) is 36.3 Å². The number of benzene rings is 1. The molecule has 1 aliphatic heterocycles. The van der Waals surface area contributed by atoms with Gasteiger partial charge in [0.05, 0.1) is 5.69 Å². The maximum Gasteiger partial charge on any atom is 0.410 e. The molecule has 3 aromatic rings. The lowest BCUT2D eigenvalue weighted by Gasteiger charge is -2.33. The van der Waals surface area contributed by atoms with Gasteiger partial charge in [-0.25, -0.2) is 9.78 Å². The Hall–Kier alpha value is -3.33. The van der Waals surface area contributed by atoms with E-state index in [2.05, 4.69) is 10.3 Å². The van der Waals surface area contributed by atoms with Gasteiger partial charge in [0, 0.05) is 54.2 Å². The maximum atomic E-state index is 12.5. The molecule has 1 aromatic carbocycles. The van der Waals surface area contributed by atoms with Crippen molar-refractivity contribution in [3.8, 4) is 11.5 Å². The van der Waals surface area contributed by atoms with E-state index >= 15 is 0 Å². The summed E-state index contributed by atoms with van der Waals surface area (Å²) in [6.45, 7) is 9.43. The maximum absolute atomic E-state index is 12.5. The lowest BCUT2D eigenvalue weighted by atomic mass is 10.1. The average molecular weight is 523 g/mol. The van der Waals surface area contributed by atoms with Crippen molar-refractivity contribution in [1.82, 2.24) is 20.2 Å². The Kier molecular flexibility index (Phi) is 8.53. The first-order chi connectivity index (χ1) is 17.7. The number of rotatable bonds is 7. The number of pyridine rings is 1. The highest BCUT2D eigenvalue weighted by molar-refractivity contribution is 7.99. The highest BCUT2D eigenvalue weighted by atomic mass is 32.2. The summed E-state index contributed by atoms with van der Waals surface area (Å²) in [7, 11) is 0. The second-order valence-corrected chi connectivity index (χ2v) is 11.4. The van der Waals surface area contributed by atoms with Gasteiger partial charge in [-0.3, -0.25) is 9.78 Å². The van der Waals surface area contributed by atoms with E-state index in [4.69, 9.17) is 14.1 Å². The lowest BCUT2D eigenvalue weighted by molar-refractivity contribution is 0.0219. The number of nitrogens with zero attached hydrogens (tertiary/aromatic N) is 3. The van der Waals surface area contributed by atoms with E-state index in [0.717, 1.165) is 41.2 Å². The van der Waals surface area contributed by atoms with Crippen molar-refractivity contribution in [3.63, 3.8) is 0 Å². The van der Waals surface area contributed by atoms with Crippen molar-refractivity contribution in [2.45, 2.75) is 63.7 Å². The average Bonchev–Trinajstić information content (AvgIpc) is 3.26. The van der Waals surface area contributed by atoms with Crippen molar-refractivity contribution < 1.29 is 18.7 Å². The normalized spacial score (nSPS) is 14.4. The molecule has 0 unspecified atom stereocenters. The number of aromatic nitrogens is 2. The van der Waals surface area contributed by atoms with Crippen LogP contribution in [0.15, 0.2) is 53.2 Å². The van der Waals surface area contributed by atoms with Crippen LogP contribution in [0.2, 0.25) is 0 Å². The van der Waals surface area contributed by atoms with E-state index in [1.54, 1.807) is 29.4 Å². The summed E-state index contributed by atoms with van der Waals surface area (Å²) in [5.41, 5.74) is 2.80. The summed E-state index contributed by atoms with van der Waals surface area (Å²) < 4.78 is 11.4. The van der Waals surface area contributed by atoms with Gasteiger partial charge in [0.2, 0.25) is 5.89 Å². The number of hydrogen-bond donors (Lipinski definition) is 1. The van der Waals surface area contributed by atoms with Crippen LogP contribution in [-0.2, 0) is 17.0 Å². The van der Waals surface area contributed by atoms with Gasteiger partial charge in [0.1, 0.15) is 11.4 Å². The molecule has 0 aliphatic carbocycles. The summed E-state index contributed by atoms with van der Waals surface area (Å²) in [5.74, 6) is 1.96. The third-order valence-corrected chi connectivity index (χ3v) is 7.39. The summed E-state index contributed by atoms with van der Waals surface area (Å²) in [6.07, 6.45) is 5.06. The number of thioether (sulfide) groups is 1. The van der Waals surface area contributed by atoms with Crippen LogP contribution in [0.25, 0.3) is 11.5 Å². The molecular weight excluding hydrogens is 488 g/mol. The summed E-state index contributed by atoms with van der Waals surface area (Å²) in [4.78, 5) is 35.3. The van der Waals surface area contributed by atoms with E-state index in [1.807, 2.05) is 63.7 Å². The van der Waals surface area contributed by atoms with Gasteiger partial charge < -0.3 is 19.4 Å². The molecule has 1 N–H and O–H groups in total. The number of likely N-dealkylation sites (tertiary alicyclic amines) is 1. The largest absolute Gasteiger partial charge is 0.444 e. The van der Waals surface area contributed by atoms with Crippen molar-refractivity contribution in [3.05, 3.63) is 71.4 Å². The molecule has 3 heterocycles. The number of hydrogen-bond acceptors (Lipinski definition) is 7. The molecule has 2 aromatic heterocycles. The van der Waals surface area contributed by atoms with Gasteiger partial charge in [-0.1, -0.05) is 6.07 Å². The van der Waals surface area contributed by atoms with Crippen LogP contribution in [0.3, 0.4) is 0 Å². The Morgan fingerprint density at radius 3 is 2.54 bits per heavy atom. The molecule has 8 nitrogen and oxygen atoms in total. The zero-order valence-corrected chi connectivity index (χ0v) is 22.6. The van der Waals surface area contributed by atoms with Crippen molar-refractivity contribution in [2.75, 3.05) is 13.1 Å². The molecule has 196 valence electrons. The van der Waals surface area contributed by atoms with Gasteiger partial charge in [0.15, 0.2) is 0 Å². The smallest absolute Gasteiger partial charge is 0.410 e. The zero-order valence-electron chi connectivity index (χ0n) is 21.8. The first-order valence-corrected chi connectivity index (χ1v) is 13.6. The topological polar surface area (TPSA) is 97.6 Å². The summed E-state index contributed by atoms with van der Waals surface area (Å²) in [6, 6.07) is 11.0. The SMILES string of the molecule is Cc1oc(-c2ccc(C(=O)NCc3cccnc3)cc2)nc1CSC1CCN(C(=O)OC(C)(C)C)CC1. The minimum Gasteiger partial charge on any atom is -0.444 e. The van der Waals surface area contributed by atoms with Crippen LogP contribution in [0, 0.1) is 6.92 Å². The molecule has 1 fully saturated rings. The number of ether oxygens (including phenoxy) is 1. The van der Waals surface area contributed by atoms with E-state index in [9.17, 15) is 9.59 Å². The first-order valence-electron chi connectivity index (χ1n) is 12.5. The van der Waals surface area contributed by atoms with Crippen molar-refractivity contribution in [2.24, 2.45) is 0 Å². The van der Waals surface area contributed by atoms with Crippen molar-refractivity contribution in [1.29, 1.82) is 0 Å². The Balaban J connectivity index is 1.27. The lowest BCUT2D eigenvalue weighted by Crippen LogP contribution is -2.42. The van der Waals surface area contributed by atoms with Crippen LogP contribution in [0.5, 0.6) is 0 Å². The molecule has 4 rings (SSSR count). The van der Waals surface area contributed by atoms with Crippen LogP contribution in [0.1, 0.15) is 61.0 Å². The number of carbonyl (C=O) groups is 2. The Labute approximate surface area is 222 Å². The summed E-state index contributed by atoms with van der Waals surface area (Å²) >= 11 is 1.85. The Morgan fingerprint density at radius 1 is 1.16 bits per heavy atom. The fourth-order valence-corrected chi connectivity index (χ4v) is 5.17. The fourth-order valence-electron chi connectivity index (χ4n) is 3.97. The number of aryl methyl sites for hydroxylation is 1. The molecule has 9 heteroatoms. The first kappa shape index (κ1) is 26.7. The molecule has 37 heavy (non-hydrogen) atoms. The standard InChI is InChI=1S/C28H34N4O4S/c1-19-24(18-37-23-11-14-32(15-12-23)27(34)36-28(2,3)4)31-26(35-19)22-9-7-21(8-10-22)25(33)30-17-20-6-5-13-29-16-20/h5-10,13,16,23H,11-12,14-15,17-18H2,1-4H3,(H,30,33). The molecule has 0 bridgehead atoms. The molecule has 0 radical (unpaired) electrons. The van der Waals surface area contributed by atoms with E-state index < -0.39 is 5.60 Å². The number of carbonyl (C=O) groups excluding carboxylic acids is 2. The fraction of sp³-hybridized carbons (Fsp3) is 0.429. The molecule has 1 aliphatic rings. The Morgan fingerprint density at radius 2 is 1.89 bits per heavy atom. The Bertz CT molecular complexity index is 1200. The van der Waals surface area contributed by atoms with Crippen LogP contribution >= 0.6 is 11.8 Å². The molecule has 0 spiro atoms. The number of nitrogens with one attached hydrogen (secondary N) is 1. The monoisotopic (exact) mass is 522 g/mol. The van der Waals surface area contributed by atoms with Crippen LogP contribution in [-0.4, -0.2) is 50.8 Å². The predicted molar refractivity (Wildman–Crippen MR) is 144 cm³/mol.